The van der Waals surface area contributed by atoms with Gasteiger partial charge in [-0.15, -0.1) is 0 Å². The maximum absolute atomic E-state index is 2.38. The van der Waals surface area contributed by atoms with Gasteiger partial charge in [-0.1, -0.05) is 32.6 Å². The van der Waals surface area contributed by atoms with Crippen molar-refractivity contribution in [3.8, 4) is 0 Å². The van der Waals surface area contributed by atoms with Crippen molar-refractivity contribution in [2.75, 3.05) is 0 Å². The van der Waals surface area contributed by atoms with Gasteiger partial charge in [0, 0.05) is 0 Å². The highest BCUT2D eigenvalue weighted by atomic mass is 14.4. The lowest BCUT2D eigenvalue weighted by atomic mass is 9.77. The standard InChI is InChI=1S/C11H20/c1-2-10(11-6-7-11)8-9-4-3-5-9/h9-11H,2-8H2,1H3. The molecule has 1 atom stereocenters. The van der Waals surface area contributed by atoms with Crippen molar-refractivity contribution in [1.29, 1.82) is 0 Å². The first-order valence-corrected chi connectivity index (χ1v) is 5.40. The Bertz CT molecular complexity index is 120. The minimum atomic E-state index is 1.11. The van der Waals surface area contributed by atoms with Gasteiger partial charge in [0.15, 0.2) is 0 Å². The molecule has 0 aliphatic heterocycles. The van der Waals surface area contributed by atoms with Gasteiger partial charge in [-0.3, -0.25) is 0 Å². The SMILES string of the molecule is CCC(CC1CCC1)C1CC1. The fourth-order valence-corrected chi connectivity index (χ4v) is 2.42. The first kappa shape index (κ1) is 7.64. The Balaban J connectivity index is 1.71. The maximum atomic E-state index is 2.38. The summed E-state index contributed by atoms with van der Waals surface area (Å²) in [6, 6.07) is 0. The third kappa shape index (κ3) is 1.77. The number of rotatable bonds is 4. The van der Waals surface area contributed by atoms with Crippen molar-refractivity contribution in [2.24, 2.45) is 17.8 Å². The predicted octanol–water partition coefficient (Wildman–Crippen LogP) is 3.61. The van der Waals surface area contributed by atoms with Crippen LogP contribution in [0, 0.1) is 17.8 Å². The van der Waals surface area contributed by atoms with Gasteiger partial charge < -0.3 is 0 Å². The van der Waals surface area contributed by atoms with E-state index >= 15 is 0 Å². The Labute approximate surface area is 70.4 Å². The van der Waals surface area contributed by atoms with E-state index in [4.69, 9.17) is 0 Å². The Morgan fingerprint density at radius 3 is 2.27 bits per heavy atom. The van der Waals surface area contributed by atoms with Gasteiger partial charge in [0.1, 0.15) is 0 Å². The molecule has 2 saturated carbocycles. The van der Waals surface area contributed by atoms with Gasteiger partial charge in [-0.05, 0) is 37.0 Å². The highest BCUT2D eigenvalue weighted by molar-refractivity contribution is 4.83. The van der Waals surface area contributed by atoms with Crippen LogP contribution in [0.25, 0.3) is 0 Å². The second-order valence-corrected chi connectivity index (χ2v) is 4.54. The molecule has 2 fully saturated rings. The summed E-state index contributed by atoms with van der Waals surface area (Å²) in [6.45, 7) is 2.38. The first-order chi connectivity index (χ1) is 5.40. The monoisotopic (exact) mass is 152 g/mol. The van der Waals surface area contributed by atoms with Crippen LogP contribution in [-0.4, -0.2) is 0 Å². The average molecular weight is 152 g/mol. The minimum Gasteiger partial charge on any atom is -0.0651 e. The summed E-state index contributed by atoms with van der Waals surface area (Å²) in [5.41, 5.74) is 0. The van der Waals surface area contributed by atoms with E-state index in [2.05, 4.69) is 6.92 Å². The Morgan fingerprint density at radius 1 is 1.18 bits per heavy atom. The first-order valence-electron chi connectivity index (χ1n) is 5.40. The normalized spacial score (nSPS) is 28.1. The third-order valence-electron chi connectivity index (χ3n) is 3.67. The van der Waals surface area contributed by atoms with Crippen LogP contribution in [0.1, 0.15) is 51.9 Å². The van der Waals surface area contributed by atoms with Crippen LogP contribution in [-0.2, 0) is 0 Å². The van der Waals surface area contributed by atoms with Crippen molar-refractivity contribution >= 4 is 0 Å². The molecule has 0 heteroatoms. The van der Waals surface area contributed by atoms with Crippen LogP contribution in [0.4, 0.5) is 0 Å². The van der Waals surface area contributed by atoms with E-state index in [9.17, 15) is 0 Å². The lowest BCUT2D eigenvalue weighted by Gasteiger charge is -2.29. The molecule has 2 aliphatic rings. The zero-order valence-corrected chi connectivity index (χ0v) is 7.68. The predicted molar refractivity (Wildman–Crippen MR) is 48.5 cm³/mol. The molecule has 11 heavy (non-hydrogen) atoms. The molecular formula is C11H20. The van der Waals surface area contributed by atoms with Gasteiger partial charge in [0.05, 0.1) is 0 Å². The van der Waals surface area contributed by atoms with E-state index in [1.54, 1.807) is 32.1 Å². The molecule has 64 valence electrons. The zero-order chi connectivity index (χ0) is 7.68. The molecule has 2 aliphatic carbocycles. The molecule has 0 aromatic carbocycles. The molecule has 0 aromatic heterocycles. The molecule has 0 amide bonds. The summed E-state index contributed by atoms with van der Waals surface area (Å²) in [7, 11) is 0. The highest BCUT2D eigenvalue weighted by Crippen LogP contribution is 2.44. The van der Waals surface area contributed by atoms with Crippen LogP contribution >= 0.6 is 0 Å². The number of hydrogen-bond acceptors (Lipinski definition) is 0. The highest BCUT2D eigenvalue weighted by Gasteiger charge is 2.32. The quantitative estimate of drug-likeness (QED) is 0.577. The number of hydrogen-bond donors (Lipinski definition) is 0. The Morgan fingerprint density at radius 2 is 1.91 bits per heavy atom. The van der Waals surface area contributed by atoms with Gasteiger partial charge in [0.2, 0.25) is 0 Å². The van der Waals surface area contributed by atoms with Crippen LogP contribution in [0.3, 0.4) is 0 Å². The fourth-order valence-electron chi connectivity index (χ4n) is 2.42. The molecule has 0 spiro atoms. The minimum absolute atomic E-state index is 1.11. The zero-order valence-electron chi connectivity index (χ0n) is 7.68. The second-order valence-electron chi connectivity index (χ2n) is 4.54. The lowest BCUT2D eigenvalue weighted by molar-refractivity contribution is 0.231. The average Bonchev–Trinajstić information content (AvgIpc) is 2.68. The van der Waals surface area contributed by atoms with Crippen molar-refractivity contribution in [2.45, 2.75) is 51.9 Å². The molecule has 0 bridgehead atoms. The molecule has 0 N–H and O–H groups in total. The third-order valence-corrected chi connectivity index (χ3v) is 3.67. The van der Waals surface area contributed by atoms with Gasteiger partial charge in [-0.2, -0.15) is 0 Å². The largest absolute Gasteiger partial charge is 0.0651 e. The molecule has 0 radical (unpaired) electrons. The topological polar surface area (TPSA) is 0 Å². The van der Waals surface area contributed by atoms with E-state index in [-0.39, 0.29) is 0 Å². The molecule has 0 saturated heterocycles. The van der Waals surface area contributed by atoms with Crippen molar-refractivity contribution in [3.05, 3.63) is 0 Å². The second kappa shape index (κ2) is 3.16. The molecule has 2 rings (SSSR count). The lowest BCUT2D eigenvalue weighted by Crippen LogP contribution is -2.16. The van der Waals surface area contributed by atoms with E-state index in [1.807, 2.05) is 0 Å². The van der Waals surface area contributed by atoms with Crippen LogP contribution in [0.15, 0.2) is 0 Å². The van der Waals surface area contributed by atoms with Crippen molar-refractivity contribution in [3.63, 3.8) is 0 Å². The summed E-state index contributed by atoms with van der Waals surface area (Å²) in [4.78, 5) is 0. The summed E-state index contributed by atoms with van der Waals surface area (Å²) in [5.74, 6) is 3.40. The smallest absolute Gasteiger partial charge is 0.0386 e. The van der Waals surface area contributed by atoms with E-state index in [0.717, 1.165) is 17.8 Å². The maximum Gasteiger partial charge on any atom is -0.0386 e. The molecule has 0 aromatic rings. The van der Waals surface area contributed by atoms with Crippen molar-refractivity contribution < 1.29 is 0 Å². The van der Waals surface area contributed by atoms with Gasteiger partial charge >= 0.3 is 0 Å². The van der Waals surface area contributed by atoms with E-state index in [1.165, 1.54) is 12.8 Å². The van der Waals surface area contributed by atoms with E-state index < -0.39 is 0 Å². The molecule has 0 nitrogen and oxygen atoms in total. The van der Waals surface area contributed by atoms with Crippen molar-refractivity contribution in [1.82, 2.24) is 0 Å². The van der Waals surface area contributed by atoms with Crippen LogP contribution < -0.4 is 0 Å². The summed E-state index contributed by atoms with van der Waals surface area (Å²) in [6.07, 6.45) is 10.7. The van der Waals surface area contributed by atoms with E-state index in [0.29, 0.717) is 0 Å². The summed E-state index contributed by atoms with van der Waals surface area (Å²) in [5, 5.41) is 0. The van der Waals surface area contributed by atoms with Crippen LogP contribution in [0.5, 0.6) is 0 Å². The molecular weight excluding hydrogens is 132 g/mol. The fraction of sp³-hybridized carbons (Fsp3) is 1.00. The molecule has 0 heterocycles. The Hall–Kier alpha value is 0. The summed E-state index contributed by atoms with van der Waals surface area (Å²) < 4.78 is 0. The molecule has 1 unspecified atom stereocenters. The van der Waals surface area contributed by atoms with Gasteiger partial charge in [0.25, 0.3) is 0 Å². The van der Waals surface area contributed by atoms with Crippen LogP contribution in [0.2, 0.25) is 0 Å². The van der Waals surface area contributed by atoms with Gasteiger partial charge in [-0.25, -0.2) is 0 Å². The summed E-state index contributed by atoms with van der Waals surface area (Å²) >= 11 is 0. The Kier molecular flexibility index (Phi) is 2.20.